The number of esters is 1. The van der Waals surface area contributed by atoms with Crippen LogP contribution in [0, 0.1) is 0 Å². The van der Waals surface area contributed by atoms with E-state index in [0.29, 0.717) is 42.1 Å². The highest BCUT2D eigenvalue weighted by molar-refractivity contribution is 9.10. The van der Waals surface area contributed by atoms with E-state index < -0.39 is 12.0 Å². The van der Waals surface area contributed by atoms with Crippen molar-refractivity contribution in [3.63, 3.8) is 0 Å². The third-order valence-corrected chi connectivity index (χ3v) is 7.27. The van der Waals surface area contributed by atoms with Gasteiger partial charge in [-0.2, -0.15) is 0 Å². The summed E-state index contributed by atoms with van der Waals surface area (Å²) in [7, 11) is 0. The van der Waals surface area contributed by atoms with Crippen molar-refractivity contribution in [1.29, 1.82) is 0 Å². The molecule has 8 heteroatoms. The van der Waals surface area contributed by atoms with E-state index in [9.17, 15) is 14.4 Å². The Morgan fingerprint density at radius 2 is 1.57 bits per heavy atom. The van der Waals surface area contributed by atoms with Crippen molar-refractivity contribution < 1.29 is 23.9 Å². The zero-order chi connectivity index (χ0) is 26.9. The second-order valence-corrected chi connectivity index (χ2v) is 10.6. The van der Waals surface area contributed by atoms with Crippen LogP contribution < -0.4 is 10.1 Å². The summed E-state index contributed by atoms with van der Waals surface area (Å²) in [6.07, 6.45) is 13.6. The van der Waals surface area contributed by atoms with E-state index in [-0.39, 0.29) is 18.2 Å². The molecule has 1 unspecified atom stereocenters. The monoisotopic (exact) mass is 580 g/mol. The summed E-state index contributed by atoms with van der Waals surface area (Å²) in [5, 5.41) is 2.77. The van der Waals surface area contributed by atoms with Crippen LogP contribution in [0.1, 0.15) is 108 Å². The average molecular weight is 582 g/mol. The molecule has 2 rings (SSSR count). The molecule has 7 nitrogen and oxygen atoms in total. The molecule has 0 aliphatic carbocycles. The van der Waals surface area contributed by atoms with Gasteiger partial charge in [-0.25, -0.2) is 0 Å². The van der Waals surface area contributed by atoms with Gasteiger partial charge in [-0.3, -0.25) is 14.4 Å². The van der Waals surface area contributed by atoms with Crippen molar-refractivity contribution >= 4 is 33.7 Å². The zero-order valence-electron chi connectivity index (χ0n) is 22.7. The average Bonchev–Trinajstić information content (AvgIpc) is 2.89. The molecule has 1 aliphatic heterocycles. The molecule has 1 aliphatic rings. The molecule has 0 bridgehead atoms. The van der Waals surface area contributed by atoms with Crippen molar-refractivity contribution in [2.45, 2.75) is 103 Å². The van der Waals surface area contributed by atoms with Crippen molar-refractivity contribution in [3.8, 4) is 5.75 Å². The smallest absolute Gasteiger partial charge is 0.308 e. The molecule has 1 aromatic carbocycles. The number of nitrogens with zero attached hydrogens (tertiary/aromatic N) is 1. The number of carbonyl (C=O) groups is 3. The summed E-state index contributed by atoms with van der Waals surface area (Å²) in [5.74, 6) is -0.373. The first kappa shape index (κ1) is 31.1. The van der Waals surface area contributed by atoms with Gasteiger partial charge in [0.05, 0.1) is 24.1 Å². The molecule has 1 N–H and O–H groups in total. The van der Waals surface area contributed by atoms with E-state index >= 15 is 0 Å². The van der Waals surface area contributed by atoms with Crippen LogP contribution in [0.3, 0.4) is 0 Å². The topological polar surface area (TPSA) is 84.9 Å². The number of piperazine rings is 1. The number of hydrogen-bond donors (Lipinski definition) is 1. The maximum Gasteiger partial charge on any atom is 0.308 e. The zero-order valence-corrected chi connectivity index (χ0v) is 24.3. The predicted molar refractivity (Wildman–Crippen MR) is 150 cm³/mol. The van der Waals surface area contributed by atoms with Crippen molar-refractivity contribution in [1.82, 2.24) is 10.2 Å². The van der Waals surface area contributed by atoms with Crippen molar-refractivity contribution in [2.75, 3.05) is 26.3 Å². The van der Waals surface area contributed by atoms with Gasteiger partial charge in [-0.1, -0.05) is 78.1 Å². The van der Waals surface area contributed by atoms with Crippen LogP contribution in [-0.4, -0.2) is 55.0 Å². The SMILES string of the molecule is CCCCCCCCCCOC(=O)CC1C(=O)NCCN1C(=O)c1ccc(OCCCCCC)c(Br)c1. The summed E-state index contributed by atoms with van der Waals surface area (Å²) in [6.45, 7) is 6.06. The summed E-state index contributed by atoms with van der Waals surface area (Å²) in [6, 6.07) is 4.32. The van der Waals surface area contributed by atoms with Crippen molar-refractivity contribution in [3.05, 3.63) is 28.2 Å². The van der Waals surface area contributed by atoms with Gasteiger partial charge in [-0.05, 0) is 47.0 Å². The van der Waals surface area contributed by atoms with Gasteiger partial charge >= 0.3 is 5.97 Å². The number of rotatable bonds is 18. The number of hydrogen-bond acceptors (Lipinski definition) is 5. The predicted octanol–water partition coefficient (Wildman–Crippen LogP) is 6.42. The molecular formula is C29H45BrN2O5. The second-order valence-electron chi connectivity index (χ2n) is 9.76. The number of amides is 2. The van der Waals surface area contributed by atoms with Gasteiger partial charge in [0.15, 0.2) is 0 Å². The number of halogens is 1. The molecule has 1 atom stereocenters. The number of carbonyl (C=O) groups excluding carboxylic acids is 3. The Morgan fingerprint density at radius 3 is 2.24 bits per heavy atom. The fraction of sp³-hybridized carbons (Fsp3) is 0.690. The Morgan fingerprint density at radius 1 is 0.946 bits per heavy atom. The molecule has 1 saturated heterocycles. The molecule has 2 amide bonds. The molecule has 0 saturated carbocycles. The van der Waals surface area contributed by atoms with Crippen LogP contribution in [0.25, 0.3) is 0 Å². The lowest BCUT2D eigenvalue weighted by atomic mass is 10.1. The van der Waals surface area contributed by atoms with E-state index in [2.05, 4.69) is 35.1 Å². The maximum absolute atomic E-state index is 13.3. The Kier molecular flexibility index (Phi) is 15.3. The summed E-state index contributed by atoms with van der Waals surface area (Å²) in [4.78, 5) is 39.8. The second kappa shape index (κ2) is 18.2. The van der Waals surface area contributed by atoms with Crippen LogP contribution in [0.4, 0.5) is 0 Å². The van der Waals surface area contributed by atoms with Crippen LogP contribution in [0.2, 0.25) is 0 Å². The Labute approximate surface area is 231 Å². The lowest BCUT2D eigenvalue weighted by Gasteiger charge is -2.34. The van der Waals surface area contributed by atoms with Gasteiger partial charge < -0.3 is 19.7 Å². The normalized spacial score (nSPS) is 15.4. The van der Waals surface area contributed by atoms with Gasteiger partial charge in [0, 0.05) is 18.7 Å². The molecule has 1 heterocycles. The highest BCUT2D eigenvalue weighted by Crippen LogP contribution is 2.27. The third-order valence-electron chi connectivity index (χ3n) is 6.65. The summed E-state index contributed by atoms with van der Waals surface area (Å²) in [5.41, 5.74) is 0.442. The molecule has 1 fully saturated rings. The lowest BCUT2D eigenvalue weighted by Crippen LogP contribution is -2.57. The van der Waals surface area contributed by atoms with E-state index in [4.69, 9.17) is 9.47 Å². The van der Waals surface area contributed by atoms with Crippen LogP contribution in [-0.2, 0) is 14.3 Å². The lowest BCUT2D eigenvalue weighted by molar-refractivity contribution is -0.147. The maximum atomic E-state index is 13.3. The summed E-state index contributed by atoms with van der Waals surface area (Å²) >= 11 is 3.50. The minimum Gasteiger partial charge on any atom is -0.492 e. The Bertz CT molecular complexity index is 848. The van der Waals surface area contributed by atoms with E-state index in [1.165, 1.54) is 49.8 Å². The van der Waals surface area contributed by atoms with Gasteiger partial charge in [0.25, 0.3) is 5.91 Å². The molecule has 1 aromatic rings. The molecule has 0 aromatic heterocycles. The first-order valence-electron chi connectivity index (χ1n) is 14.1. The first-order chi connectivity index (χ1) is 18.0. The number of ether oxygens (including phenoxy) is 2. The van der Waals surface area contributed by atoms with E-state index in [1.807, 2.05) is 0 Å². The van der Waals surface area contributed by atoms with Gasteiger partial charge in [0.1, 0.15) is 11.8 Å². The Hall–Kier alpha value is -2.09. The Balaban J connectivity index is 1.83. The molecule has 37 heavy (non-hydrogen) atoms. The van der Waals surface area contributed by atoms with Crippen LogP contribution in [0.15, 0.2) is 22.7 Å². The van der Waals surface area contributed by atoms with E-state index in [1.54, 1.807) is 18.2 Å². The highest BCUT2D eigenvalue weighted by Gasteiger charge is 2.35. The van der Waals surface area contributed by atoms with E-state index in [0.717, 1.165) is 32.1 Å². The van der Waals surface area contributed by atoms with Crippen molar-refractivity contribution in [2.24, 2.45) is 0 Å². The molecule has 0 radical (unpaired) electrons. The standard InChI is InChI=1S/C29H45BrN2O5/c1-3-5-7-9-10-11-12-14-20-37-27(33)22-25-28(34)31-17-18-32(25)29(35)23-15-16-26(24(30)21-23)36-19-13-8-6-4-2/h15-16,21,25H,3-14,17-20,22H2,1-2H3,(H,31,34). The number of unbranched alkanes of at least 4 members (excludes halogenated alkanes) is 10. The van der Waals surface area contributed by atoms with Crippen LogP contribution >= 0.6 is 15.9 Å². The van der Waals surface area contributed by atoms with Crippen LogP contribution in [0.5, 0.6) is 5.75 Å². The first-order valence-corrected chi connectivity index (χ1v) is 14.9. The molecule has 208 valence electrons. The fourth-order valence-corrected chi connectivity index (χ4v) is 4.92. The minimum absolute atomic E-state index is 0.144. The fourth-order valence-electron chi connectivity index (χ4n) is 4.43. The third kappa shape index (κ3) is 11.5. The quantitative estimate of drug-likeness (QED) is 0.160. The van der Waals surface area contributed by atoms with Gasteiger partial charge in [-0.15, -0.1) is 0 Å². The number of benzene rings is 1. The highest BCUT2D eigenvalue weighted by atomic mass is 79.9. The minimum atomic E-state index is -0.874. The summed E-state index contributed by atoms with van der Waals surface area (Å²) < 4.78 is 11.9. The molecular weight excluding hydrogens is 536 g/mol. The number of nitrogens with one attached hydrogen (secondary N) is 1. The van der Waals surface area contributed by atoms with Gasteiger partial charge in [0.2, 0.25) is 5.91 Å². The molecule has 0 spiro atoms. The largest absolute Gasteiger partial charge is 0.492 e.